The first-order chi connectivity index (χ1) is 10.2. The number of likely N-dealkylation sites (N-methyl/N-ethyl adjacent to an activating group) is 1. The molecule has 3 heterocycles. The highest BCUT2D eigenvalue weighted by Crippen LogP contribution is 2.29. The minimum Gasteiger partial charge on any atom is -0.350 e. The molecule has 1 aromatic carbocycles. The topological polar surface area (TPSA) is 49.2 Å². The lowest BCUT2D eigenvalue weighted by atomic mass is 10.2. The number of benzene rings is 1. The van der Waals surface area contributed by atoms with Gasteiger partial charge < -0.3 is 14.8 Å². The fourth-order valence-electron chi connectivity index (χ4n) is 3.14. The number of rotatable bonds is 1. The number of aromatic amines is 1. The average molecular weight is 282 g/mol. The second-order valence-electron chi connectivity index (χ2n) is 6.04. The van der Waals surface area contributed by atoms with Crippen molar-refractivity contribution in [3.8, 4) is 0 Å². The predicted molar refractivity (Wildman–Crippen MR) is 85.0 cm³/mol. The summed E-state index contributed by atoms with van der Waals surface area (Å²) in [7, 11) is 2.25. The summed E-state index contributed by atoms with van der Waals surface area (Å²) in [6.45, 7) is 6.52. The van der Waals surface area contributed by atoms with Crippen LogP contribution in [-0.4, -0.2) is 48.2 Å². The Labute approximate surface area is 123 Å². The van der Waals surface area contributed by atoms with Crippen LogP contribution < -0.4 is 9.80 Å². The molecule has 21 heavy (non-hydrogen) atoms. The zero-order valence-corrected chi connectivity index (χ0v) is 12.5. The molecule has 5 heteroatoms. The highest BCUT2D eigenvalue weighted by molar-refractivity contribution is 6.08. The number of anilines is 1. The highest BCUT2D eigenvalue weighted by atomic mass is 15.3. The number of nitrogens with one attached hydrogen (secondary N) is 2. The van der Waals surface area contributed by atoms with E-state index in [1.807, 2.05) is 0 Å². The van der Waals surface area contributed by atoms with E-state index in [1.165, 1.54) is 10.9 Å². The van der Waals surface area contributed by atoms with Crippen LogP contribution in [0.1, 0.15) is 5.56 Å². The second kappa shape index (κ2) is 4.70. The Bertz CT molecular complexity index is 799. The smallest absolute Gasteiger partial charge is 0.156 e. The fourth-order valence-corrected chi connectivity index (χ4v) is 3.14. The quantitative estimate of drug-likeness (QED) is 0.692. The predicted octanol–water partition coefficient (Wildman–Crippen LogP) is 0.754. The number of fused-ring (bicyclic) bond motifs is 3. The summed E-state index contributed by atoms with van der Waals surface area (Å²) in [4.78, 5) is 16.5. The van der Waals surface area contributed by atoms with E-state index >= 15 is 0 Å². The van der Waals surface area contributed by atoms with E-state index in [-0.39, 0.29) is 0 Å². The third-order valence-electron chi connectivity index (χ3n) is 4.43. The lowest BCUT2D eigenvalue weighted by Crippen LogP contribution is -3.12. The van der Waals surface area contributed by atoms with E-state index in [9.17, 15) is 0 Å². The second-order valence-corrected chi connectivity index (χ2v) is 6.04. The van der Waals surface area contributed by atoms with Crippen LogP contribution in [0, 0.1) is 6.92 Å². The number of aryl methyl sites for hydroxylation is 1. The minimum atomic E-state index is 1.03. The first-order valence-corrected chi connectivity index (χ1v) is 7.51. The van der Waals surface area contributed by atoms with Crippen LogP contribution in [0.25, 0.3) is 21.9 Å². The molecule has 0 amide bonds. The highest BCUT2D eigenvalue weighted by Gasteiger charge is 2.21. The van der Waals surface area contributed by atoms with Crippen molar-refractivity contribution in [1.82, 2.24) is 15.0 Å². The lowest BCUT2D eigenvalue weighted by molar-refractivity contribution is -0.880. The van der Waals surface area contributed by atoms with Gasteiger partial charge in [0.25, 0.3) is 0 Å². The van der Waals surface area contributed by atoms with Gasteiger partial charge in [-0.3, -0.25) is 0 Å². The third kappa shape index (κ3) is 2.05. The van der Waals surface area contributed by atoms with Crippen molar-refractivity contribution in [3.63, 3.8) is 0 Å². The molecule has 0 bridgehead atoms. The molecule has 1 aliphatic heterocycles. The number of H-pyrrole nitrogens is 1. The molecular weight excluding hydrogens is 262 g/mol. The van der Waals surface area contributed by atoms with E-state index in [2.05, 4.69) is 52.0 Å². The Morgan fingerprint density at radius 3 is 2.81 bits per heavy atom. The van der Waals surface area contributed by atoms with Crippen molar-refractivity contribution < 1.29 is 4.90 Å². The van der Waals surface area contributed by atoms with Gasteiger partial charge >= 0.3 is 0 Å². The van der Waals surface area contributed by atoms with Crippen LogP contribution in [0.15, 0.2) is 24.5 Å². The number of aromatic nitrogens is 3. The van der Waals surface area contributed by atoms with Crippen LogP contribution in [0.4, 0.5) is 5.82 Å². The zero-order valence-electron chi connectivity index (χ0n) is 12.5. The van der Waals surface area contributed by atoms with Gasteiger partial charge in [-0.15, -0.1) is 0 Å². The Balaban J connectivity index is 1.87. The fraction of sp³-hybridized carbons (Fsp3) is 0.375. The largest absolute Gasteiger partial charge is 0.350 e. The van der Waals surface area contributed by atoms with E-state index < -0.39 is 0 Å². The van der Waals surface area contributed by atoms with Crippen LogP contribution in [0.5, 0.6) is 0 Å². The first kappa shape index (κ1) is 12.6. The summed E-state index contributed by atoms with van der Waals surface area (Å²) in [6.07, 6.45) is 1.69. The van der Waals surface area contributed by atoms with E-state index in [0.29, 0.717) is 0 Å². The molecule has 5 nitrogen and oxygen atoms in total. The number of quaternary nitrogens is 1. The van der Waals surface area contributed by atoms with Crippen LogP contribution in [0.2, 0.25) is 0 Å². The summed E-state index contributed by atoms with van der Waals surface area (Å²) >= 11 is 0. The molecule has 0 radical (unpaired) electrons. The maximum absolute atomic E-state index is 4.55. The maximum atomic E-state index is 4.55. The molecule has 2 aromatic heterocycles. The summed E-state index contributed by atoms with van der Waals surface area (Å²) in [5.41, 5.74) is 4.50. The minimum absolute atomic E-state index is 1.03. The molecule has 0 unspecified atom stereocenters. The van der Waals surface area contributed by atoms with Gasteiger partial charge in [-0.25, -0.2) is 9.97 Å². The van der Waals surface area contributed by atoms with E-state index in [0.717, 1.165) is 48.5 Å². The average Bonchev–Trinajstić information content (AvgIpc) is 2.85. The molecule has 4 rings (SSSR count). The van der Waals surface area contributed by atoms with Crippen molar-refractivity contribution in [1.29, 1.82) is 0 Å². The normalized spacial score (nSPS) is 17.0. The van der Waals surface area contributed by atoms with Crippen molar-refractivity contribution in [2.75, 3.05) is 38.1 Å². The summed E-state index contributed by atoms with van der Waals surface area (Å²) in [5, 5.41) is 1.18. The molecule has 108 valence electrons. The third-order valence-corrected chi connectivity index (χ3v) is 4.43. The number of piperazine rings is 1. The van der Waals surface area contributed by atoms with Crippen LogP contribution >= 0.6 is 0 Å². The standard InChI is InChI=1S/C16H19N5/c1-11-3-4-12-13(9-11)19-15-14(12)17-10-18-16(15)21-7-5-20(2)6-8-21/h3-4,9-10,19H,5-8H2,1-2H3/p+1. The van der Waals surface area contributed by atoms with Gasteiger partial charge in [0.2, 0.25) is 0 Å². The molecule has 2 N–H and O–H groups in total. The molecule has 0 spiro atoms. The van der Waals surface area contributed by atoms with Crippen LogP contribution in [-0.2, 0) is 0 Å². The Morgan fingerprint density at radius 1 is 1.19 bits per heavy atom. The van der Waals surface area contributed by atoms with Crippen molar-refractivity contribution in [2.45, 2.75) is 6.92 Å². The Morgan fingerprint density at radius 2 is 2.00 bits per heavy atom. The van der Waals surface area contributed by atoms with Crippen molar-refractivity contribution in [2.24, 2.45) is 0 Å². The van der Waals surface area contributed by atoms with Gasteiger partial charge in [0, 0.05) is 10.9 Å². The molecule has 3 aromatic rings. The molecular formula is C16H20N5+. The molecule has 0 atom stereocenters. The van der Waals surface area contributed by atoms with Gasteiger partial charge in [-0.1, -0.05) is 12.1 Å². The van der Waals surface area contributed by atoms with Gasteiger partial charge in [0.15, 0.2) is 5.82 Å². The van der Waals surface area contributed by atoms with E-state index in [1.54, 1.807) is 11.2 Å². The molecule has 1 aliphatic rings. The summed E-state index contributed by atoms with van der Waals surface area (Å²) < 4.78 is 0. The van der Waals surface area contributed by atoms with Gasteiger partial charge in [-0.05, 0) is 18.6 Å². The molecule has 0 saturated carbocycles. The Hall–Kier alpha value is -2.14. The lowest BCUT2D eigenvalue weighted by Gasteiger charge is -2.30. The monoisotopic (exact) mass is 282 g/mol. The van der Waals surface area contributed by atoms with Crippen molar-refractivity contribution in [3.05, 3.63) is 30.1 Å². The van der Waals surface area contributed by atoms with E-state index in [4.69, 9.17) is 0 Å². The van der Waals surface area contributed by atoms with Gasteiger partial charge in [0.1, 0.15) is 17.4 Å². The number of nitrogens with zero attached hydrogens (tertiary/aromatic N) is 3. The maximum Gasteiger partial charge on any atom is 0.156 e. The van der Waals surface area contributed by atoms with Gasteiger partial charge in [0.05, 0.1) is 33.2 Å². The van der Waals surface area contributed by atoms with Crippen molar-refractivity contribution >= 4 is 27.8 Å². The summed E-state index contributed by atoms with van der Waals surface area (Å²) in [6, 6.07) is 6.46. The Kier molecular flexibility index (Phi) is 2.82. The van der Waals surface area contributed by atoms with Gasteiger partial charge in [-0.2, -0.15) is 0 Å². The number of hydrogen-bond acceptors (Lipinski definition) is 3. The summed E-state index contributed by atoms with van der Waals surface area (Å²) in [5.74, 6) is 1.04. The molecule has 1 fully saturated rings. The zero-order chi connectivity index (χ0) is 14.4. The van der Waals surface area contributed by atoms with Crippen LogP contribution in [0.3, 0.4) is 0 Å². The number of hydrogen-bond donors (Lipinski definition) is 2. The first-order valence-electron chi connectivity index (χ1n) is 7.51. The SMILES string of the molecule is Cc1ccc2c(c1)[nH]c1c(N3CC[NH+](C)CC3)ncnc12. The molecule has 0 aliphatic carbocycles. The molecule has 1 saturated heterocycles.